The molecule has 39 heavy (non-hydrogen) atoms. The average molecular weight is 524 g/mol. The van der Waals surface area contributed by atoms with Crippen LogP contribution in [-0.2, 0) is 0 Å². The fourth-order valence-electron chi connectivity index (χ4n) is 7.22. The molecular weight excluding hydrogens is 475 g/mol. The summed E-state index contributed by atoms with van der Waals surface area (Å²) in [6.45, 7) is 36.1. The van der Waals surface area contributed by atoms with Gasteiger partial charge in [-0.3, -0.25) is 0 Å². The van der Waals surface area contributed by atoms with Crippen molar-refractivity contribution in [3.63, 3.8) is 0 Å². The van der Waals surface area contributed by atoms with Crippen LogP contribution in [0.4, 0.5) is 0 Å². The summed E-state index contributed by atoms with van der Waals surface area (Å²) >= 11 is 0. The fourth-order valence-corrected chi connectivity index (χ4v) is 7.22. The topological polar surface area (TPSA) is 35.6 Å². The highest BCUT2D eigenvalue weighted by atomic mass is 15.4. The molecule has 0 aliphatic heterocycles. The largest absolute Gasteiger partial charge is 0.410 e. The van der Waals surface area contributed by atoms with Gasteiger partial charge in [-0.2, -0.15) is 10.9 Å². The Hall–Kier alpha value is -3.08. The van der Waals surface area contributed by atoms with Crippen molar-refractivity contribution in [3.05, 3.63) is 89.5 Å². The molecule has 0 amide bonds. The van der Waals surface area contributed by atoms with Crippen molar-refractivity contribution >= 4 is 17.3 Å². The van der Waals surface area contributed by atoms with Gasteiger partial charge in [0.2, 0.25) is 0 Å². The molecule has 0 aliphatic carbocycles. The first-order valence-electron chi connectivity index (χ1n) is 14.4. The zero-order valence-electron chi connectivity index (χ0n) is 27.4. The van der Waals surface area contributed by atoms with Gasteiger partial charge >= 0.3 is 0 Å². The third kappa shape index (κ3) is 3.72. The molecule has 0 aliphatic rings. The molecule has 2 heterocycles. The summed E-state index contributed by atoms with van der Waals surface area (Å²) in [7, 11) is 0. The minimum atomic E-state index is -1.86. The molecular formula is C34H48BN4-. The Morgan fingerprint density at radius 3 is 0.769 bits per heavy atom. The predicted octanol–water partition coefficient (Wildman–Crippen LogP) is 6.67. The molecule has 0 bridgehead atoms. The van der Waals surface area contributed by atoms with Crippen LogP contribution in [-0.4, -0.2) is 25.8 Å². The summed E-state index contributed by atoms with van der Waals surface area (Å²) in [6, 6.07) is 0. The molecule has 0 saturated heterocycles. The first-order valence-corrected chi connectivity index (χ1v) is 14.4. The van der Waals surface area contributed by atoms with Crippen LogP contribution in [0.15, 0.2) is 0 Å². The second-order valence-electron chi connectivity index (χ2n) is 12.3. The van der Waals surface area contributed by atoms with E-state index in [1.807, 2.05) is 0 Å². The first-order chi connectivity index (χ1) is 18.0. The maximum absolute atomic E-state index is 5.40. The van der Waals surface area contributed by atoms with Gasteiger partial charge < -0.3 is 9.19 Å². The molecule has 0 fully saturated rings. The third-order valence-electron chi connectivity index (χ3n) is 11.0. The van der Waals surface area contributed by atoms with E-state index in [2.05, 4.69) is 120 Å². The van der Waals surface area contributed by atoms with Crippen molar-refractivity contribution in [1.82, 2.24) is 19.4 Å². The van der Waals surface area contributed by atoms with Gasteiger partial charge in [-0.15, -0.1) is 0 Å². The molecule has 5 heteroatoms. The van der Waals surface area contributed by atoms with E-state index in [4.69, 9.17) is 10.2 Å². The van der Waals surface area contributed by atoms with Gasteiger partial charge in [-0.25, -0.2) is 10.2 Å². The van der Waals surface area contributed by atoms with E-state index < -0.39 is 6.42 Å². The lowest BCUT2D eigenvalue weighted by Crippen LogP contribution is -2.74. The van der Waals surface area contributed by atoms with E-state index in [1.165, 1.54) is 89.1 Å². The highest BCUT2D eigenvalue weighted by Gasteiger charge is 2.43. The molecule has 2 aromatic heterocycles. The van der Waals surface area contributed by atoms with Gasteiger partial charge in [0, 0.05) is 0 Å². The van der Waals surface area contributed by atoms with E-state index in [0.29, 0.717) is 0 Å². The Balaban J connectivity index is 2.52. The molecule has 208 valence electrons. The van der Waals surface area contributed by atoms with E-state index in [1.54, 1.807) is 0 Å². The fraction of sp³-hybridized carbons (Fsp3) is 0.471. The van der Waals surface area contributed by atoms with Gasteiger partial charge in [-0.05, 0) is 167 Å². The number of benzene rings is 2. The predicted molar refractivity (Wildman–Crippen MR) is 169 cm³/mol. The Bertz CT molecular complexity index is 1480. The van der Waals surface area contributed by atoms with Crippen LogP contribution in [0.25, 0.3) is 0 Å². The molecule has 4 aromatic rings. The van der Waals surface area contributed by atoms with Crippen LogP contribution >= 0.6 is 0 Å². The lowest BCUT2D eigenvalue weighted by molar-refractivity contribution is 0.793. The van der Waals surface area contributed by atoms with Gasteiger partial charge in [-0.1, -0.05) is 22.3 Å². The Kier molecular flexibility index (Phi) is 7.07. The van der Waals surface area contributed by atoms with Crippen molar-refractivity contribution in [2.45, 2.75) is 111 Å². The van der Waals surface area contributed by atoms with Crippen LogP contribution in [0.1, 0.15) is 89.5 Å². The summed E-state index contributed by atoms with van der Waals surface area (Å²) in [5, 5.41) is 10.8. The Morgan fingerprint density at radius 2 is 0.564 bits per heavy atom. The van der Waals surface area contributed by atoms with Crippen LogP contribution in [0.5, 0.6) is 0 Å². The first kappa shape index (κ1) is 28.9. The molecule has 0 radical (unpaired) electrons. The third-order valence-corrected chi connectivity index (χ3v) is 11.0. The van der Waals surface area contributed by atoms with Crippen molar-refractivity contribution in [2.75, 3.05) is 0 Å². The van der Waals surface area contributed by atoms with Crippen LogP contribution in [0, 0.1) is 111 Å². The quantitative estimate of drug-likeness (QED) is 0.280. The molecule has 4 nitrogen and oxygen atoms in total. The Morgan fingerprint density at radius 1 is 0.333 bits per heavy atom. The Labute approximate surface area is 236 Å². The van der Waals surface area contributed by atoms with E-state index in [0.717, 1.165) is 11.4 Å². The molecule has 0 unspecified atom stereocenters. The second-order valence-corrected chi connectivity index (χ2v) is 12.3. The zero-order chi connectivity index (χ0) is 29.5. The van der Waals surface area contributed by atoms with Crippen LogP contribution < -0.4 is 10.9 Å². The van der Waals surface area contributed by atoms with Gasteiger partial charge in [0.1, 0.15) is 0 Å². The molecule has 0 spiro atoms. The standard InChI is InChI=1S/C34H48BN4/c1-17-19(3)23(7)33(24(8)20(17)4)35(38-31(15)27(11)29(13)36-38,39-32(16)28(12)30(14)37-39)34-25(9)21(5)18(2)22(6)26(34)10/h1-16H3/q-1. The van der Waals surface area contributed by atoms with Gasteiger partial charge in [0.15, 0.2) is 0 Å². The van der Waals surface area contributed by atoms with Crippen LogP contribution in [0.3, 0.4) is 0 Å². The SMILES string of the molecule is Cc1nn([B-](c2c(C)c(C)c(C)c(C)c2C)(c2c(C)c(C)c(C)c(C)c2C)n2nc(C)c(C)c2C)c(C)c1C. The highest BCUT2D eigenvalue weighted by Crippen LogP contribution is 2.31. The number of hydrogen-bond acceptors (Lipinski definition) is 2. The summed E-state index contributed by atoms with van der Waals surface area (Å²) < 4.78 is 4.74. The molecule has 0 N–H and O–H groups in total. The summed E-state index contributed by atoms with van der Waals surface area (Å²) in [5.41, 5.74) is 23.2. The van der Waals surface area contributed by atoms with Crippen molar-refractivity contribution in [3.8, 4) is 0 Å². The minimum Gasteiger partial charge on any atom is -0.410 e. The van der Waals surface area contributed by atoms with E-state index >= 15 is 0 Å². The van der Waals surface area contributed by atoms with Crippen LogP contribution in [0.2, 0.25) is 0 Å². The number of rotatable bonds is 4. The minimum absolute atomic E-state index is 1.07. The second kappa shape index (κ2) is 9.54. The van der Waals surface area contributed by atoms with Gasteiger partial charge in [0.25, 0.3) is 6.42 Å². The van der Waals surface area contributed by atoms with E-state index in [-0.39, 0.29) is 0 Å². The summed E-state index contributed by atoms with van der Waals surface area (Å²) in [5.74, 6) is 0. The number of hydrogen-bond donors (Lipinski definition) is 0. The van der Waals surface area contributed by atoms with E-state index in [9.17, 15) is 0 Å². The van der Waals surface area contributed by atoms with Crippen molar-refractivity contribution in [2.24, 2.45) is 0 Å². The maximum Gasteiger partial charge on any atom is 0.280 e. The monoisotopic (exact) mass is 523 g/mol. The number of aryl methyl sites for hydroxylation is 2. The van der Waals surface area contributed by atoms with Crippen molar-refractivity contribution in [1.29, 1.82) is 0 Å². The van der Waals surface area contributed by atoms with Gasteiger partial charge in [0.05, 0.1) is 11.4 Å². The summed E-state index contributed by atoms with van der Waals surface area (Å²) in [6.07, 6.45) is -1.86. The average Bonchev–Trinajstić information content (AvgIpc) is 3.31. The normalized spacial score (nSPS) is 12.1. The molecule has 2 aromatic carbocycles. The molecule has 0 saturated carbocycles. The number of nitrogens with zero attached hydrogens (tertiary/aromatic N) is 4. The molecule has 0 atom stereocenters. The van der Waals surface area contributed by atoms with Crippen molar-refractivity contribution < 1.29 is 0 Å². The smallest absolute Gasteiger partial charge is 0.280 e. The zero-order valence-corrected chi connectivity index (χ0v) is 27.4. The lowest BCUT2D eigenvalue weighted by Gasteiger charge is -2.50. The maximum atomic E-state index is 5.40. The number of aromatic nitrogens is 4. The highest BCUT2D eigenvalue weighted by molar-refractivity contribution is 7.00. The summed E-state index contributed by atoms with van der Waals surface area (Å²) in [4.78, 5) is 0. The lowest BCUT2D eigenvalue weighted by atomic mass is 9.33. The molecule has 4 rings (SSSR count).